The van der Waals surface area contributed by atoms with Crippen LogP contribution in [0.1, 0.15) is 12.0 Å². The van der Waals surface area contributed by atoms with E-state index < -0.39 is 22.0 Å². The summed E-state index contributed by atoms with van der Waals surface area (Å²) in [6.45, 7) is 0.754. The fourth-order valence-corrected chi connectivity index (χ4v) is 3.79. The van der Waals surface area contributed by atoms with Gasteiger partial charge in [-0.15, -0.1) is 0 Å². The number of piperazine rings is 1. The Morgan fingerprint density at radius 2 is 1.76 bits per heavy atom. The van der Waals surface area contributed by atoms with Gasteiger partial charge in [-0.05, 0) is 24.3 Å². The fraction of sp³-hybridized carbons (Fsp3) is 0.400. The molecule has 2 rings (SSSR count). The molecule has 1 fully saturated rings. The lowest BCUT2D eigenvalue weighted by Gasteiger charge is -2.33. The van der Waals surface area contributed by atoms with Crippen molar-refractivity contribution < 1.29 is 23.1 Å². The molecule has 10 heteroatoms. The van der Waals surface area contributed by atoms with Gasteiger partial charge in [-0.25, -0.2) is 13.2 Å². The Morgan fingerprint density at radius 3 is 2.28 bits per heavy atom. The normalized spacial score (nSPS) is 15.4. The molecule has 9 nitrogen and oxygen atoms in total. The first kappa shape index (κ1) is 18.7. The Kier molecular flexibility index (Phi) is 5.95. The number of nitrogens with one attached hydrogen (secondary N) is 1. The second kappa shape index (κ2) is 7.96. The number of carbonyl (C=O) groups excluding carboxylic acids is 1. The van der Waals surface area contributed by atoms with Crippen LogP contribution >= 0.6 is 0 Å². The van der Waals surface area contributed by atoms with Crippen molar-refractivity contribution in [3.05, 3.63) is 29.8 Å². The summed E-state index contributed by atoms with van der Waals surface area (Å²) in [6.07, 6.45) is -0.168. The van der Waals surface area contributed by atoms with E-state index in [1.165, 1.54) is 33.5 Å². The van der Waals surface area contributed by atoms with Gasteiger partial charge >= 0.3 is 12.0 Å². The van der Waals surface area contributed by atoms with Crippen LogP contribution in [0.2, 0.25) is 0 Å². The molecule has 0 aliphatic carbocycles. The molecule has 1 aliphatic rings. The van der Waals surface area contributed by atoms with Crippen LogP contribution in [0, 0.1) is 11.3 Å². The van der Waals surface area contributed by atoms with Gasteiger partial charge in [0.05, 0.1) is 22.9 Å². The molecule has 1 aromatic rings. The highest BCUT2D eigenvalue weighted by molar-refractivity contribution is 7.89. The number of hydrogen-bond acceptors (Lipinski definition) is 5. The summed E-state index contributed by atoms with van der Waals surface area (Å²) in [5.74, 6) is -1.00. The van der Waals surface area contributed by atoms with Crippen LogP contribution in [0.4, 0.5) is 4.79 Å². The minimum atomic E-state index is -3.68. The monoisotopic (exact) mass is 366 g/mol. The quantitative estimate of drug-likeness (QED) is 0.757. The third-order valence-corrected chi connectivity index (χ3v) is 5.68. The molecule has 0 radical (unpaired) electrons. The summed E-state index contributed by atoms with van der Waals surface area (Å²) in [4.78, 5) is 23.9. The summed E-state index contributed by atoms with van der Waals surface area (Å²) in [5, 5.41) is 19.8. The van der Waals surface area contributed by atoms with Crippen LogP contribution in [-0.2, 0) is 14.8 Å². The number of carboxylic acids is 1. The second-order valence-corrected chi connectivity index (χ2v) is 7.34. The maximum absolute atomic E-state index is 12.6. The molecule has 2 amide bonds. The third-order valence-electron chi connectivity index (χ3n) is 3.76. The number of benzene rings is 1. The van der Waals surface area contributed by atoms with Gasteiger partial charge < -0.3 is 15.3 Å². The first-order valence-corrected chi connectivity index (χ1v) is 9.03. The van der Waals surface area contributed by atoms with Crippen LogP contribution in [0.5, 0.6) is 0 Å². The van der Waals surface area contributed by atoms with Gasteiger partial charge in [-0.2, -0.15) is 9.57 Å². The van der Waals surface area contributed by atoms with Gasteiger partial charge in [0.25, 0.3) is 0 Å². The Bertz CT molecular complexity index is 777. The van der Waals surface area contributed by atoms with Crippen molar-refractivity contribution >= 4 is 22.0 Å². The number of nitriles is 1. The Balaban J connectivity index is 1.93. The topological polar surface area (TPSA) is 131 Å². The summed E-state index contributed by atoms with van der Waals surface area (Å²) in [7, 11) is -3.68. The molecule has 0 atom stereocenters. The van der Waals surface area contributed by atoms with Gasteiger partial charge in [0.15, 0.2) is 0 Å². The van der Waals surface area contributed by atoms with Crippen molar-refractivity contribution in [1.82, 2.24) is 14.5 Å². The molecule has 1 heterocycles. The number of aliphatic carboxylic acids is 1. The largest absolute Gasteiger partial charge is 0.481 e. The lowest BCUT2D eigenvalue weighted by atomic mass is 10.2. The van der Waals surface area contributed by atoms with Gasteiger partial charge in [-0.3, -0.25) is 4.79 Å². The van der Waals surface area contributed by atoms with Gasteiger partial charge in [-0.1, -0.05) is 0 Å². The van der Waals surface area contributed by atoms with E-state index >= 15 is 0 Å². The van der Waals surface area contributed by atoms with Crippen molar-refractivity contribution in [2.45, 2.75) is 11.3 Å². The van der Waals surface area contributed by atoms with E-state index in [0.717, 1.165) is 0 Å². The maximum atomic E-state index is 12.6. The lowest BCUT2D eigenvalue weighted by Crippen LogP contribution is -2.53. The first-order chi connectivity index (χ1) is 11.8. The fourth-order valence-electron chi connectivity index (χ4n) is 2.37. The summed E-state index contributed by atoms with van der Waals surface area (Å²) in [5.41, 5.74) is 0.377. The van der Waals surface area contributed by atoms with Crippen LogP contribution in [0.3, 0.4) is 0 Å². The molecule has 1 aliphatic heterocycles. The average Bonchev–Trinajstić information content (AvgIpc) is 2.61. The SMILES string of the molecule is N#Cc1ccc(S(=O)(=O)N2CCN(C(=O)NCCC(=O)O)CC2)cc1. The average molecular weight is 366 g/mol. The molecule has 0 unspecified atom stereocenters. The minimum absolute atomic E-state index is 0.0257. The van der Waals surface area contributed by atoms with Crippen LogP contribution in [0.15, 0.2) is 29.2 Å². The highest BCUT2D eigenvalue weighted by Gasteiger charge is 2.30. The van der Waals surface area contributed by atoms with Crippen LogP contribution < -0.4 is 5.32 Å². The predicted molar refractivity (Wildman–Crippen MR) is 87.1 cm³/mol. The standard InChI is InChI=1S/C15H18N4O5S/c16-11-12-1-3-13(4-2-12)25(23,24)19-9-7-18(8-10-19)15(22)17-6-5-14(20)21/h1-4H,5-10H2,(H,17,22)(H,20,21). The summed E-state index contributed by atoms with van der Waals surface area (Å²) in [6, 6.07) is 7.19. The molecule has 134 valence electrons. The van der Waals surface area contributed by atoms with Crippen molar-refractivity contribution in [2.75, 3.05) is 32.7 Å². The van der Waals surface area contributed by atoms with Crippen LogP contribution in [-0.4, -0.2) is 67.5 Å². The molecule has 1 saturated heterocycles. The lowest BCUT2D eigenvalue weighted by molar-refractivity contribution is -0.136. The van der Waals surface area contributed by atoms with E-state index in [1.54, 1.807) is 0 Å². The highest BCUT2D eigenvalue weighted by atomic mass is 32.2. The van der Waals surface area contributed by atoms with E-state index in [4.69, 9.17) is 10.4 Å². The van der Waals surface area contributed by atoms with Crippen molar-refractivity contribution in [1.29, 1.82) is 5.26 Å². The number of hydrogen-bond donors (Lipinski definition) is 2. The van der Waals surface area contributed by atoms with Crippen molar-refractivity contribution in [3.63, 3.8) is 0 Å². The van der Waals surface area contributed by atoms with Gasteiger partial charge in [0.2, 0.25) is 10.0 Å². The van der Waals surface area contributed by atoms with Crippen LogP contribution in [0.25, 0.3) is 0 Å². The minimum Gasteiger partial charge on any atom is -0.481 e. The van der Waals surface area contributed by atoms with E-state index in [-0.39, 0.29) is 44.0 Å². The zero-order chi connectivity index (χ0) is 18.4. The number of amides is 2. The molecule has 25 heavy (non-hydrogen) atoms. The maximum Gasteiger partial charge on any atom is 0.317 e. The smallest absolute Gasteiger partial charge is 0.317 e. The summed E-state index contributed by atoms with van der Waals surface area (Å²) < 4.78 is 26.4. The van der Waals surface area contributed by atoms with Crippen molar-refractivity contribution in [3.8, 4) is 6.07 Å². The molecule has 1 aromatic carbocycles. The molecule has 2 N–H and O–H groups in total. The Labute approximate surface area is 145 Å². The number of rotatable bonds is 5. The molecule has 0 bridgehead atoms. The van der Waals surface area contributed by atoms with Gasteiger partial charge in [0.1, 0.15) is 0 Å². The Hall–Kier alpha value is -2.64. The third kappa shape index (κ3) is 4.68. The predicted octanol–water partition coefficient (Wildman–Crippen LogP) is 0.0489. The highest BCUT2D eigenvalue weighted by Crippen LogP contribution is 2.18. The number of carboxylic acid groups (broad SMARTS) is 1. The van der Waals surface area contributed by atoms with E-state index in [2.05, 4.69) is 5.32 Å². The Morgan fingerprint density at radius 1 is 1.16 bits per heavy atom. The first-order valence-electron chi connectivity index (χ1n) is 7.59. The van der Waals surface area contributed by atoms with E-state index in [9.17, 15) is 18.0 Å². The van der Waals surface area contributed by atoms with Gasteiger partial charge in [0, 0.05) is 32.7 Å². The molecular formula is C15H18N4O5S. The number of urea groups is 1. The zero-order valence-corrected chi connectivity index (χ0v) is 14.2. The molecule has 0 saturated carbocycles. The van der Waals surface area contributed by atoms with E-state index in [1.807, 2.05) is 6.07 Å². The molecule has 0 aromatic heterocycles. The number of carbonyl (C=O) groups is 2. The number of nitrogens with zero attached hydrogens (tertiary/aromatic N) is 3. The van der Waals surface area contributed by atoms with Crippen molar-refractivity contribution in [2.24, 2.45) is 0 Å². The molecule has 0 spiro atoms. The summed E-state index contributed by atoms with van der Waals surface area (Å²) >= 11 is 0. The van der Waals surface area contributed by atoms with E-state index in [0.29, 0.717) is 5.56 Å². The molecular weight excluding hydrogens is 348 g/mol. The number of sulfonamides is 1. The zero-order valence-electron chi connectivity index (χ0n) is 13.4. The second-order valence-electron chi connectivity index (χ2n) is 5.40.